The number of nitrogens with zero attached hydrogens (tertiary/aromatic N) is 1. The summed E-state index contributed by atoms with van der Waals surface area (Å²) in [5.41, 5.74) is 0. The number of amides is 1. The van der Waals surface area contributed by atoms with Crippen LogP contribution in [0.25, 0.3) is 6.08 Å². The van der Waals surface area contributed by atoms with Gasteiger partial charge in [-0.1, -0.05) is 42.3 Å². The van der Waals surface area contributed by atoms with Crippen LogP contribution in [0.1, 0.15) is 11.3 Å². The fourth-order valence-electron chi connectivity index (χ4n) is 2.47. The summed E-state index contributed by atoms with van der Waals surface area (Å²) in [6.07, 6.45) is 2.37. The maximum atomic E-state index is 12.5. The molecular formula is C14H13NO3S5. The number of carbonyl (C=O) groups excluding carboxylic acids is 1. The lowest BCUT2D eigenvalue weighted by Gasteiger charge is -2.18. The number of sulfone groups is 1. The van der Waals surface area contributed by atoms with Crippen LogP contribution in [0.3, 0.4) is 0 Å². The first-order valence-corrected chi connectivity index (χ1v) is 11.2. The van der Waals surface area contributed by atoms with Crippen LogP contribution in [-0.4, -0.2) is 46.5 Å². The molecule has 1 atom stereocenters. The molecule has 0 radical (unpaired) electrons. The van der Waals surface area contributed by atoms with Crippen molar-refractivity contribution in [3.8, 4) is 0 Å². The predicted molar refractivity (Wildman–Crippen MR) is 104 cm³/mol. The van der Waals surface area contributed by atoms with Crippen molar-refractivity contribution in [1.82, 2.24) is 4.90 Å². The largest absolute Gasteiger partial charge is 0.288 e. The molecule has 23 heavy (non-hydrogen) atoms. The van der Waals surface area contributed by atoms with E-state index in [0.717, 1.165) is 4.88 Å². The van der Waals surface area contributed by atoms with Crippen LogP contribution < -0.4 is 0 Å². The van der Waals surface area contributed by atoms with Crippen LogP contribution in [0.15, 0.2) is 22.4 Å². The molecule has 2 saturated heterocycles. The number of thiophene rings is 1. The smallest absolute Gasteiger partial charge is 0.266 e. The number of thiocarbonyl (C=S) groups is 2. The van der Waals surface area contributed by atoms with Crippen LogP contribution >= 0.6 is 47.5 Å². The molecule has 9 heteroatoms. The lowest BCUT2D eigenvalue weighted by Crippen LogP contribution is -2.35. The molecule has 0 saturated carbocycles. The second-order valence-corrected chi connectivity index (χ2v) is 10.8. The van der Waals surface area contributed by atoms with E-state index in [1.165, 1.54) is 16.7 Å². The van der Waals surface area contributed by atoms with Gasteiger partial charge < -0.3 is 0 Å². The average Bonchev–Trinajstić information content (AvgIpc) is 3.17. The molecule has 0 N–H and O–H groups in total. The number of carbonyl (C=O) groups is 1. The van der Waals surface area contributed by atoms with Crippen molar-refractivity contribution in [1.29, 1.82) is 0 Å². The van der Waals surface area contributed by atoms with Gasteiger partial charge in [0.15, 0.2) is 9.84 Å². The quantitative estimate of drug-likeness (QED) is 0.569. The minimum Gasteiger partial charge on any atom is -0.288 e. The van der Waals surface area contributed by atoms with Gasteiger partial charge in [0, 0.05) is 15.7 Å². The highest BCUT2D eigenvalue weighted by Crippen LogP contribution is 2.34. The Balaban J connectivity index is 1.70. The third-order valence-electron chi connectivity index (χ3n) is 3.69. The Kier molecular flexibility index (Phi) is 5.03. The van der Waals surface area contributed by atoms with Gasteiger partial charge in [-0.15, -0.1) is 11.3 Å². The number of hydrogen-bond donors (Lipinski definition) is 0. The zero-order valence-corrected chi connectivity index (χ0v) is 16.0. The summed E-state index contributed by atoms with van der Waals surface area (Å²) in [7, 11) is -2.99. The second kappa shape index (κ2) is 6.72. The van der Waals surface area contributed by atoms with Crippen molar-refractivity contribution >= 4 is 78.5 Å². The van der Waals surface area contributed by atoms with E-state index in [9.17, 15) is 13.2 Å². The molecule has 2 fully saturated rings. The molecule has 3 rings (SSSR count). The van der Waals surface area contributed by atoms with E-state index in [0.29, 0.717) is 20.5 Å². The molecule has 1 aromatic heterocycles. The summed E-state index contributed by atoms with van der Waals surface area (Å²) in [6.45, 7) is 0.224. The molecule has 0 aromatic carbocycles. The number of rotatable bonds is 4. The van der Waals surface area contributed by atoms with Gasteiger partial charge in [-0.2, -0.15) is 0 Å². The fraction of sp³-hybridized carbons (Fsp3) is 0.357. The normalized spacial score (nSPS) is 25.5. The third kappa shape index (κ3) is 3.90. The first kappa shape index (κ1) is 17.2. The van der Waals surface area contributed by atoms with Crippen LogP contribution in [0.4, 0.5) is 0 Å². The summed E-state index contributed by atoms with van der Waals surface area (Å²) in [5.74, 6) is -0.0438. The molecule has 4 nitrogen and oxygen atoms in total. The standard InChI is InChI=1S/C14H13NO3S5/c16-13-12(6-10-2-1-4-21-10)22-14(20)15(13)7-11(19)9-3-5-23(17,18)8-9/h1-2,4,6,9H,3,5,7-8H2/b12-6-. The summed E-state index contributed by atoms with van der Waals surface area (Å²) >= 11 is 13.5. The highest BCUT2D eigenvalue weighted by atomic mass is 32.2. The fourth-order valence-corrected chi connectivity index (χ4v) is 6.68. The molecule has 2 aliphatic rings. The predicted octanol–water partition coefficient (Wildman–Crippen LogP) is 2.75. The number of hydrogen-bond acceptors (Lipinski definition) is 7. The lowest BCUT2D eigenvalue weighted by molar-refractivity contribution is -0.121. The van der Waals surface area contributed by atoms with E-state index in [-0.39, 0.29) is 29.9 Å². The first-order chi connectivity index (χ1) is 10.9. The van der Waals surface area contributed by atoms with Gasteiger partial charge in [-0.25, -0.2) is 8.42 Å². The highest BCUT2D eigenvalue weighted by molar-refractivity contribution is 8.26. The molecule has 2 aliphatic heterocycles. The van der Waals surface area contributed by atoms with Crippen LogP contribution in [0, 0.1) is 5.92 Å². The van der Waals surface area contributed by atoms with E-state index < -0.39 is 9.84 Å². The van der Waals surface area contributed by atoms with Crippen molar-refractivity contribution in [3.05, 3.63) is 27.3 Å². The summed E-state index contributed by atoms with van der Waals surface area (Å²) < 4.78 is 23.6. The molecule has 1 aromatic rings. The average molecular weight is 404 g/mol. The highest BCUT2D eigenvalue weighted by Gasteiger charge is 2.36. The van der Waals surface area contributed by atoms with E-state index in [1.54, 1.807) is 11.3 Å². The lowest BCUT2D eigenvalue weighted by atomic mass is 10.0. The van der Waals surface area contributed by atoms with Crippen LogP contribution in [-0.2, 0) is 14.6 Å². The van der Waals surface area contributed by atoms with Crippen molar-refractivity contribution in [2.45, 2.75) is 6.42 Å². The Bertz CT molecular complexity index is 794. The van der Waals surface area contributed by atoms with Gasteiger partial charge in [-0.05, 0) is 23.9 Å². The van der Waals surface area contributed by atoms with Crippen molar-refractivity contribution in [2.75, 3.05) is 18.1 Å². The van der Waals surface area contributed by atoms with Crippen molar-refractivity contribution in [2.24, 2.45) is 5.92 Å². The number of thioether (sulfide) groups is 1. The monoisotopic (exact) mass is 403 g/mol. The Morgan fingerprint density at radius 1 is 1.48 bits per heavy atom. The van der Waals surface area contributed by atoms with Gasteiger partial charge in [-0.3, -0.25) is 9.69 Å². The van der Waals surface area contributed by atoms with E-state index in [1.807, 2.05) is 23.6 Å². The Morgan fingerprint density at radius 3 is 2.87 bits per heavy atom. The zero-order chi connectivity index (χ0) is 16.6. The maximum Gasteiger partial charge on any atom is 0.266 e. The third-order valence-corrected chi connectivity index (χ3v) is 8.12. The van der Waals surface area contributed by atoms with Crippen molar-refractivity contribution < 1.29 is 13.2 Å². The Morgan fingerprint density at radius 2 is 2.26 bits per heavy atom. The molecule has 0 aliphatic carbocycles. The summed E-state index contributed by atoms with van der Waals surface area (Å²) in [4.78, 5) is 16.1. The molecule has 3 heterocycles. The van der Waals surface area contributed by atoms with Gasteiger partial charge in [0.1, 0.15) is 4.32 Å². The molecule has 0 spiro atoms. The van der Waals surface area contributed by atoms with Gasteiger partial charge >= 0.3 is 0 Å². The topological polar surface area (TPSA) is 54.5 Å². The maximum absolute atomic E-state index is 12.5. The second-order valence-electron chi connectivity index (χ2n) is 5.35. The molecule has 1 unspecified atom stereocenters. The molecule has 1 amide bonds. The SMILES string of the molecule is O=C1/C(=C/c2cccs2)SC(=S)N1CC(=S)C1CCS(=O)(=O)C1. The Labute approximate surface area is 153 Å². The van der Waals surface area contributed by atoms with E-state index in [4.69, 9.17) is 24.4 Å². The van der Waals surface area contributed by atoms with Gasteiger partial charge in [0.05, 0.1) is 23.0 Å². The van der Waals surface area contributed by atoms with Gasteiger partial charge in [0.25, 0.3) is 5.91 Å². The van der Waals surface area contributed by atoms with Crippen LogP contribution in [0.2, 0.25) is 0 Å². The van der Waals surface area contributed by atoms with Gasteiger partial charge in [0.2, 0.25) is 0 Å². The van der Waals surface area contributed by atoms with Crippen molar-refractivity contribution in [3.63, 3.8) is 0 Å². The minimum absolute atomic E-state index is 0.0889. The van der Waals surface area contributed by atoms with E-state index in [2.05, 4.69) is 0 Å². The Hall–Kier alpha value is -0.610. The van der Waals surface area contributed by atoms with E-state index >= 15 is 0 Å². The summed E-state index contributed by atoms with van der Waals surface area (Å²) in [5, 5.41) is 1.95. The summed E-state index contributed by atoms with van der Waals surface area (Å²) in [6, 6.07) is 3.86. The zero-order valence-electron chi connectivity index (χ0n) is 11.9. The molecule has 0 bridgehead atoms. The van der Waals surface area contributed by atoms with Crippen LogP contribution in [0.5, 0.6) is 0 Å². The first-order valence-electron chi connectivity index (χ1n) is 6.88. The molecule has 122 valence electrons. The minimum atomic E-state index is -2.99. The molecular weight excluding hydrogens is 390 g/mol.